The number of rotatable bonds is 1. The van der Waals surface area contributed by atoms with Gasteiger partial charge in [-0.25, -0.2) is 8.78 Å². The monoisotopic (exact) mass is 182 g/mol. The van der Waals surface area contributed by atoms with Crippen molar-refractivity contribution in [1.82, 2.24) is 0 Å². The minimum Gasteiger partial charge on any atom is -0.205 e. The molecule has 0 aliphatic heterocycles. The molecule has 0 aliphatic rings. The fraction of sp³-hybridized carbons (Fsp3) is 1.00. The van der Waals surface area contributed by atoms with Gasteiger partial charge in [-0.2, -0.15) is 13.2 Å². The molecule has 0 saturated carbocycles. The van der Waals surface area contributed by atoms with Crippen LogP contribution in [-0.4, -0.2) is 17.5 Å². The Labute approximate surface area is 59.0 Å². The summed E-state index contributed by atoms with van der Waals surface area (Å²) in [6.45, 7) is 0.123. The normalized spacial score (nSPS) is 17.1. The van der Waals surface area contributed by atoms with E-state index in [4.69, 9.17) is 0 Å². The predicted molar refractivity (Wildman–Crippen MR) is 26.3 cm³/mol. The molecule has 0 saturated heterocycles. The summed E-state index contributed by atoms with van der Waals surface area (Å²) >= 11 is 4.36. The highest BCUT2D eigenvalue weighted by molar-refractivity contribution is 6.21. The lowest BCUT2D eigenvalue weighted by molar-refractivity contribution is -0.177. The first-order valence-electron chi connectivity index (χ1n) is 2.24. The average molecular weight is 183 g/mol. The van der Waals surface area contributed by atoms with Crippen molar-refractivity contribution < 1.29 is 22.0 Å². The molecule has 6 heteroatoms. The van der Waals surface area contributed by atoms with Crippen molar-refractivity contribution in [3.05, 3.63) is 0 Å². The molecule has 0 spiro atoms. The molecule has 0 bridgehead atoms. The van der Waals surface area contributed by atoms with E-state index in [1.807, 2.05) is 0 Å². The van der Waals surface area contributed by atoms with Crippen molar-refractivity contribution >= 4 is 11.6 Å². The van der Waals surface area contributed by atoms with Gasteiger partial charge in [0, 0.05) is 6.92 Å². The first kappa shape index (κ1) is 9.94. The largest absolute Gasteiger partial charge is 0.410 e. The quantitative estimate of drug-likeness (QED) is 0.432. The summed E-state index contributed by atoms with van der Waals surface area (Å²) in [5, 5.41) is -3.10. The zero-order valence-electron chi connectivity index (χ0n) is 4.85. The van der Waals surface area contributed by atoms with Gasteiger partial charge in [-0.15, -0.1) is 11.6 Å². The van der Waals surface area contributed by atoms with Crippen LogP contribution < -0.4 is 0 Å². The fourth-order valence-electron chi connectivity index (χ4n) is 0.287. The zero-order valence-corrected chi connectivity index (χ0v) is 5.60. The van der Waals surface area contributed by atoms with Gasteiger partial charge in [0.15, 0.2) is 5.38 Å². The summed E-state index contributed by atoms with van der Waals surface area (Å²) in [4.78, 5) is 0. The Hall–Kier alpha value is -0.0600. The molecule has 0 aromatic heterocycles. The maximum absolute atomic E-state index is 11.8. The molecular weight excluding hydrogens is 178 g/mol. The van der Waals surface area contributed by atoms with Crippen molar-refractivity contribution in [2.75, 3.05) is 0 Å². The molecule has 10 heavy (non-hydrogen) atoms. The molecule has 0 aliphatic carbocycles. The zero-order chi connectivity index (χ0) is 8.58. The van der Waals surface area contributed by atoms with Crippen molar-refractivity contribution in [1.29, 1.82) is 0 Å². The van der Waals surface area contributed by atoms with Crippen LogP contribution in [0.2, 0.25) is 0 Å². The summed E-state index contributed by atoms with van der Waals surface area (Å²) in [6, 6.07) is 0. The van der Waals surface area contributed by atoms with Gasteiger partial charge in [-0.1, -0.05) is 0 Å². The van der Waals surface area contributed by atoms with E-state index >= 15 is 0 Å². The second-order valence-corrected chi connectivity index (χ2v) is 2.30. The molecule has 62 valence electrons. The van der Waals surface area contributed by atoms with Crippen molar-refractivity contribution in [3.8, 4) is 0 Å². The van der Waals surface area contributed by atoms with E-state index in [9.17, 15) is 22.0 Å². The molecule has 0 nitrogen and oxygen atoms in total. The number of hydrogen-bond acceptors (Lipinski definition) is 0. The Kier molecular flexibility index (Phi) is 2.51. The standard InChI is InChI=1S/C4H4ClF5/c1-3(6,7)2(5)4(8,9)10/h2H,1H3. The summed E-state index contributed by atoms with van der Waals surface area (Å²) in [5.41, 5.74) is 0. The third-order valence-corrected chi connectivity index (χ3v) is 1.36. The molecule has 0 aromatic rings. The third kappa shape index (κ3) is 2.68. The molecule has 0 rings (SSSR count). The molecule has 1 atom stereocenters. The van der Waals surface area contributed by atoms with E-state index in [1.165, 1.54) is 0 Å². The van der Waals surface area contributed by atoms with Gasteiger partial charge < -0.3 is 0 Å². The minimum absolute atomic E-state index is 0.123. The van der Waals surface area contributed by atoms with Crippen LogP contribution in [0.25, 0.3) is 0 Å². The number of alkyl halides is 6. The van der Waals surface area contributed by atoms with Gasteiger partial charge in [-0.3, -0.25) is 0 Å². The van der Waals surface area contributed by atoms with Crippen LogP contribution in [0.4, 0.5) is 22.0 Å². The molecule has 0 aromatic carbocycles. The summed E-state index contributed by atoms with van der Waals surface area (Å²) < 4.78 is 57.5. The highest BCUT2D eigenvalue weighted by atomic mass is 35.5. The third-order valence-electron chi connectivity index (χ3n) is 0.732. The first-order chi connectivity index (χ1) is 4.15. The molecule has 1 unspecified atom stereocenters. The van der Waals surface area contributed by atoms with E-state index in [0.717, 1.165) is 0 Å². The maximum atomic E-state index is 11.8. The van der Waals surface area contributed by atoms with Crippen LogP contribution in [0.15, 0.2) is 0 Å². The highest BCUT2D eigenvalue weighted by Crippen LogP contribution is 2.35. The molecule has 0 heterocycles. The first-order valence-corrected chi connectivity index (χ1v) is 2.68. The van der Waals surface area contributed by atoms with E-state index in [1.54, 1.807) is 0 Å². The van der Waals surface area contributed by atoms with E-state index in [2.05, 4.69) is 11.6 Å². The van der Waals surface area contributed by atoms with Gasteiger partial charge >= 0.3 is 6.18 Å². The fourth-order valence-corrected chi connectivity index (χ4v) is 0.287. The Morgan fingerprint density at radius 2 is 1.40 bits per heavy atom. The van der Waals surface area contributed by atoms with Crippen molar-refractivity contribution in [2.24, 2.45) is 0 Å². The molecular formula is C4H4ClF5. The second-order valence-electron chi connectivity index (χ2n) is 1.86. The summed E-state index contributed by atoms with van der Waals surface area (Å²) in [6.07, 6.45) is -5.04. The average Bonchev–Trinajstić information content (AvgIpc) is 1.59. The maximum Gasteiger partial charge on any atom is 0.410 e. The SMILES string of the molecule is CC(F)(F)C(Cl)C(F)(F)F. The predicted octanol–water partition coefficient (Wildman–Crippen LogP) is 2.81. The minimum atomic E-state index is -5.04. The topological polar surface area (TPSA) is 0 Å². The number of halogens is 6. The lowest BCUT2D eigenvalue weighted by atomic mass is 10.2. The van der Waals surface area contributed by atoms with Crippen LogP contribution in [0.3, 0.4) is 0 Å². The van der Waals surface area contributed by atoms with Crippen molar-refractivity contribution in [2.45, 2.75) is 24.4 Å². The highest BCUT2D eigenvalue weighted by Gasteiger charge is 2.51. The molecule has 0 radical (unpaired) electrons. The smallest absolute Gasteiger partial charge is 0.205 e. The van der Waals surface area contributed by atoms with Gasteiger partial charge in [0.25, 0.3) is 5.92 Å². The Morgan fingerprint density at radius 1 is 1.10 bits per heavy atom. The second kappa shape index (κ2) is 2.53. The Bertz CT molecular complexity index is 97.8. The Morgan fingerprint density at radius 3 is 1.40 bits per heavy atom. The summed E-state index contributed by atoms with van der Waals surface area (Å²) in [7, 11) is 0. The van der Waals surface area contributed by atoms with E-state index < -0.39 is 17.5 Å². The molecule has 0 N–H and O–H groups in total. The lowest BCUT2D eigenvalue weighted by Gasteiger charge is -2.19. The van der Waals surface area contributed by atoms with E-state index in [0.29, 0.717) is 0 Å². The van der Waals surface area contributed by atoms with Crippen LogP contribution in [0, 0.1) is 0 Å². The van der Waals surface area contributed by atoms with Crippen molar-refractivity contribution in [3.63, 3.8) is 0 Å². The molecule has 0 amide bonds. The number of hydrogen-bond donors (Lipinski definition) is 0. The van der Waals surface area contributed by atoms with Gasteiger partial charge in [-0.05, 0) is 0 Å². The van der Waals surface area contributed by atoms with E-state index in [-0.39, 0.29) is 6.92 Å². The van der Waals surface area contributed by atoms with Gasteiger partial charge in [0.05, 0.1) is 0 Å². The Balaban J connectivity index is 4.23. The van der Waals surface area contributed by atoms with Crippen LogP contribution in [-0.2, 0) is 0 Å². The lowest BCUT2D eigenvalue weighted by Crippen LogP contribution is -2.38. The van der Waals surface area contributed by atoms with Gasteiger partial charge in [0.1, 0.15) is 0 Å². The molecule has 0 fully saturated rings. The van der Waals surface area contributed by atoms with Crippen LogP contribution in [0.1, 0.15) is 6.92 Å². The summed E-state index contributed by atoms with van der Waals surface area (Å²) in [5.74, 6) is -3.92. The van der Waals surface area contributed by atoms with Gasteiger partial charge in [0.2, 0.25) is 0 Å². The van der Waals surface area contributed by atoms with Crippen LogP contribution in [0.5, 0.6) is 0 Å². The van der Waals surface area contributed by atoms with Crippen LogP contribution >= 0.6 is 11.6 Å².